The lowest BCUT2D eigenvalue weighted by atomic mass is 10.2. The Labute approximate surface area is 146 Å². The second kappa shape index (κ2) is 7.18. The van der Waals surface area contributed by atoms with Gasteiger partial charge in [-0.1, -0.05) is 23.9 Å². The maximum absolute atomic E-state index is 12.0. The quantitative estimate of drug-likeness (QED) is 0.606. The van der Waals surface area contributed by atoms with Crippen LogP contribution in [0.15, 0.2) is 58.4 Å². The zero-order chi connectivity index (χ0) is 17.8. The summed E-state index contributed by atoms with van der Waals surface area (Å²) in [4.78, 5) is 41.7. The average molecular weight is 355 g/mol. The van der Waals surface area contributed by atoms with Crippen molar-refractivity contribution in [3.63, 3.8) is 0 Å². The molecule has 0 fully saturated rings. The lowest BCUT2D eigenvalue weighted by Crippen LogP contribution is -2.17. The van der Waals surface area contributed by atoms with Crippen molar-refractivity contribution in [3.05, 3.63) is 64.4 Å². The van der Waals surface area contributed by atoms with Crippen molar-refractivity contribution in [1.82, 2.24) is 9.97 Å². The van der Waals surface area contributed by atoms with Crippen LogP contribution < -0.4 is 10.9 Å². The first kappa shape index (κ1) is 16.7. The Kier molecular flexibility index (Phi) is 4.80. The van der Waals surface area contributed by atoms with Crippen LogP contribution >= 0.6 is 11.8 Å². The summed E-state index contributed by atoms with van der Waals surface area (Å²) in [7, 11) is 0. The van der Waals surface area contributed by atoms with E-state index in [1.807, 2.05) is 6.07 Å². The van der Waals surface area contributed by atoms with Crippen molar-refractivity contribution in [3.8, 4) is 0 Å². The van der Waals surface area contributed by atoms with Gasteiger partial charge in [-0.05, 0) is 36.4 Å². The summed E-state index contributed by atoms with van der Waals surface area (Å²) in [5.41, 5.74) is 1.56. The van der Waals surface area contributed by atoms with E-state index in [2.05, 4.69) is 15.3 Å². The molecule has 1 heterocycles. The summed E-state index contributed by atoms with van der Waals surface area (Å²) < 4.78 is 0. The number of carbonyl (C=O) groups is 2. The van der Waals surface area contributed by atoms with Crippen LogP contribution in [-0.2, 0) is 4.79 Å². The van der Waals surface area contributed by atoms with Gasteiger partial charge >= 0.3 is 5.97 Å². The Hall–Kier alpha value is -3.13. The largest absolute Gasteiger partial charge is 0.478 e. The maximum atomic E-state index is 12.0. The minimum absolute atomic E-state index is 0.00903. The molecular weight excluding hydrogens is 342 g/mol. The van der Waals surface area contributed by atoms with E-state index in [1.165, 1.54) is 24.3 Å². The molecule has 0 saturated heterocycles. The number of carboxylic acid groups (broad SMARTS) is 1. The first-order valence-corrected chi connectivity index (χ1v) is 8.26. The van der Waals surface area contributed by atoms with Gasteiger partial charge in [0.05, 0.1) is 22.3 Å². The zero-order valence-electron chi connectivity index (χ0n) is 12.9. The van der Waals surface area contributed by atoms with Gasteiger partial charge in [0.2, 0.25) is 5.91 Å². The highest BCUT2D eigenvalue weighted by Crippen LogP contribution is 2.15. The molecule has 0 unspecified atom stereocenters. The first-order chi connectivity index (χ1) is 12.0. The smallest absolute Gasteiger partial charge is 0.335 e. The molecule has 126 valence electrons. The number of aromatic nitrogens is 2. The molecule has 0 atom stereocenters. The third-order valence-corrected chi connectivity index (χ3v) is 4.28. The van der Waals surface area contributed by atoms with E-state index in [-0.39, 0.29) is 27.8 Å². The summed E-state index contributed by atoms with van der Waals surface area (Å²) in [5.74, 6) is -1.34. The van der Waals surface area contributed by atoms with Gasteiger partial charge in [-0.25, -0.2) is 9.78 Å². The van der Waals surface area contributed by atoms with Crippen LogP contribution in [0.2, 0.25) is 0 Å². The lowest BCUT2D eigenvalue weighted by molar-refractivity contribution is -0.113. The molecular formula is C17H13N3O4S. The summed E-state index contributed by atoms with van der Waals surface area (Å²) in [6.45, 7) is 0. The summed E-state index contributed by atoms with van der Waals surface area (Å²) in [6, 6.07) is 13.0. The number of H-pyrrole nitrogens is 1. The molecule has 0 aliphatic rings. The Morgan fingerprint density at radius 1 is 1.12 bits per heavy atom. The van der Waals surface area contributed by atoms with Gasteiger partial charge < -0.3 is 15.4 Å². The first-order valence-electron chi connectivity index (χ1n) is 7.28. The number of hydrogen-bond donors (Lipinski definition) is 3. The molecule has 1 aromatic heterocycles. The Morgan fingerprint density at radius 3 is 2.56 bits per heavy atom. The van der Waals surface area contributed by atoms with Gasteiger partial charge in [0.1, 0.15) is 0 Å². The van der Waals surface area contributed by atoms with E-state index in [4.69, 9.17) is 5.11 Å². The van der Waals surface area contributed by atoms with Crippen LogP contribution in [0.5, 0.6) is 0 Å². The number of hydrogen-bond acceptors (Lipinski definition) is 5. The number of nitrogens with one attached hydrogen (secondary N) is 2. The third-order valence-electron chi connectivity index (χ3n) is 3.32. The molecule has 3 rings (SSSR count). The molecule has 0 radical (unpaired) electrons. The van der Waals surface area contributed by atoms with Crippen LogP contribution in [0.3, 0.4) is 0 Å². The van der Waals surface area contributed by atoms with Gasteiger partial charge in [0.15, 0.2) is 5.03 Å². The summed E-state index contributed by atoms with van der Waals surface area (Å²) >= 11 is 1.04. The van der Waals surface area contributed by atoms with E-state index in [0.29, 0.717) is 16.7 Å². The molecule has 25 heavy (non-hydrogen) atoms. The molecule has 7 nitrogen and oxygen atoms in total. The molecule has 3 N–H and O–H groups in total. The molecule has 0 spiro atoms. The number of para-hydroxylation sites is 2. The normalized spacial score (nSPS) is 10.6. The number of anilines is 1. The fourth-order valence-electron chi connectivity index (χ4n) is 2.14. The Bertz CT molecular complexity index is 999. The number of fused-ring (bicyclic) bond motifs is 1. The van der Waals surface area contributed by atoms with Gasteiger partial charge in [0.25, 0.3) is 5.56 Å². The second-order valence-electron chi connectivity index (χ2n) is 5.11. The average Bonchev–Trinajstić information content (AvgIpc) is 2.60. The van der Waals surface area contributed by atoms with Crippen molar-refractivity contribution < 1.29 is 14.7 Å². The molecule has 2 aromatic carbocycles. The second-order valence-corrected chi connectivity index (χ2v) is 6.07. The zero-order valence-corrected chi connectivity index (χ0v) is 13.7. The van der Waals surface area contributed by atoms with Crippen molar-refractivity contribution in [2.45, 2.75) is 5.03 Å². The molecule has 0 saturated carbocycles. The lowest BCUT2D eigenvalue weighted by Gasteiger charge is -2.05. The minimum Gasteiger partial charge on any atom is -0.478 e. The van der Waals surface area contributed by atoms with E-state index < -0.39 is 5.97 Å². The van der Waals surface area contributed by atoms with Gasteiger partial charge in [-0.2, -0.15) is 0 Å². The summed E-state index contributed by atoms with van der Waals surface area (Å²) in [6.07, 6.45) is 0. The van der Waals surface area contributed by atoms with Crippen molar-refractivity contribution in [2.75, 3.05) is 11.1 Å². The number of benzene rings is 2. The predicted molar refractivity (Wildman–Crippen MR) is 95.1 cm³/mol. The van der Waals surface area contributed by atoms with Gasteiger partial charge in [-0.3, -0.25) is 9.59 Å². The standard InChI is InChI=1S/C17H13N3O4S/c21-14(18-11-7-5-10(6-8-11)17(23)24)9-25-16-15(22)19-12-3-1-2-4-13(12)20-16/h1-8H,9H2,(H,18,21)(H,19,22)(H,23,24). The van der Waals surface area contributed by atoms with Crippen molar-refractivity contribution in [2.24, 2.45) is 0 Å². The van der Waals surface area contributed by atoms with Crippen LogP contribution in [0, 0.1) is 0 Å². The van der Waals surface area contributed by atoms with Crippen LogP contribution in [0.25, 0.3) is 11.0 Å². The number of nitrogens with zero attached hydrogens (tertiary/aromatic N) is 1. The number of thioether (sulfide) groups is 1. The highest BCUT2D eigenvalue weighted by molar-refractivity contribution is 7.99. The fourth-order valence-corrected chi connectivity index (χ4v) is 2.82. The SMILES string of the molecule is O=C(CSc1nc2ccccc2[nH]c1=O)Nc1ccc(C(=O)O)cc1. The minimum atomic E-state index is -1.03. The van der Waals surface area contributed by atoms with Crippen LogP contribution in [-0.4, -0.2) is 32.7 Å². The predicted octanol–water partition coefficient (Wildman–Crippen LogP) is 2.35. The Balaban J connectivity index is 1.65. The number of aromatic carboxylic acids is 1. The van der Waals surface area contributed by atoms with Crippen molar-refractivity contribution in [1.29, 1.82) is 0 Å². The van der Waals surface area contributed by atoms with Crippen LogP contribution in [0.1, 0.15) is 10.4 Å². The van der Waals surface area contributed by atoms with E-state index in [0.717, 1.165) is 11.8 Å². The highest BCUT2D eigenvalue weighted by Gasteiger charge is 2.10. The maximum Gasteiger partial charge on any atom is 0.335 e. The van der Waals surface area contributed by atoms with E-state index in [1.54, 1.807) is 18.2 Å². The third kappa shape index (κ3) is 4.04. The molecule has 8 heteroatoms. The molecule has 0 aliphatic carbocycles. The number of aromatic amines is 1. The van der Waals surface area contributed by atoms with E-state index in [9.17, 15) is 14.4 Å². The number of rotatable bonds is 5. The van der Waals surface area contributed by atoms with Crippen molar-refractivity contribution >= 4 is 40.4 Å². The van der Waals surface area contributed by atoms with E-state index >= 15 is 0 Å². The topological polar surface area (TPSA) is 112 Å². The van der Waals surface area contributed by atoms with Crippen LogP contribution in [0.4, 0.5) is 5.69 Å². The fraction of sp³-hybridized carbons (Fsp3) is 0.0588. The number of amides is 1. The number of carboxylic acids is 1. The van der Waals surface area contributed by atoms with Gasteiger partial charge in [0, 0.05) is 5.69 Å². The number of carbonyl (C=O) groups excluding carboxylic acids is 1. The summed E-state index contributed by atoms with van der Waals surface area (Å²) in [5, 5.41) is 11.7. The Morgan fingerprint density at radius 2 is 1.84 bits per heavy atom. The molecule has 0 bridgehead atoms. The molecule has 3 aromatic rings. The molecule has 0 aliphatic heterocycles. The monoisotopic (exact) mass is 355 g/mol. The van der Waals surface area contributed by atoms with Gasteiger partial charge in [-0.15, -0.1) is 0 Å². The highest BCUT2D eigenvalue weighted by atomic mass is 32.2. The molecule has 1 amide bonds.